The lowest BCUT2D eigenvalue weighted by Gasteiger charge is -1.94. The Morgan fingerprint density at radius 1 is 1.75 bits per heavy atom. The molecule has 0 N–H and O–H groups in total. The third-order valence-electron chi connectivity index (χ3n) is 1.36. The monoisotopic (exact) mass is 115 g/mol. The van der Waals surface area contributed by atoms with Crippen molar-refractivity contribution >= 4 is 6.08 Å². The molecule has 0 aliphatic heterocycles. The number of halogens is 1. The Morgan fingerprint density at radius 3 is 2.50 bits per heavy atom. The van der Waals surface area contributed by atoms with E-state index in [0.717, 1.165) is 0 Å². The second kappa shape index (κ2) is 1.67. The van der Waals surface area contributed by atoms with Crippen LogP contribution < -0.4 is 0 Å². The summed E-state index contributed by atoms with van der Waals surface area (Å²) in [5.74, 6) is 0. The van der Waals surface area contributed by atoms with Gasteiger partial charge in [0.2, 0.25) is 6.08 Å². The highest BCUT2D eigenvalue weighted by molar-refractivity contribution is 5.36. The molecule has 1 aliphatic carbocycles. The first-order chi connectivity index (χ1) is 3.83. The number of aliphatic imine (C=N–C) groups is 1. The molecular weight excluding hydrogens is 109 g/mol. The van der Waals surface area contributed by atoms with Crippen LogP contribution in [0.1, 0.15) is 12.8 Å². The van der Waals surface area contributed by atoms with Crippen LogP contribution in [0.15, 0.2) is 4.99 Å². The minimum atomic E-state index is -0.623. The molecule has 8 heavy (non-hydrogen) atoms. The number of rotatable bonds is 2. The van der Waals surface area contributed by atoms with Gasteiger partial charge in [0.1, 0.15) is 12.2 Å². The molecule has 0 aromatic rings. The Kier molecular flexibility index (Phi) is 1.14. The third-order valence-corrected chi connectivity index (χ3v) is 1.36. The third kappa shape index (κ3) is 0.771. The smallest absolute Gasteiger partial charge is 0.235 e. The van der Waals surface area contributed by atoms with E-state index in [9.17, 15) is 9.18 Å². The van der Waals surface area contributed by atoms with Crippen LogP contribution in [0.3, 0.4) is 0 Å². The Bertz CT molecular complexity index is 135. The lowest BCUT2D eigenvalue weighted by atomic mass is 10.3. The lowest BCUT2D eigenvalue weighted by molar-refractivity contribution is 0.416. The van der Waals surface area contributed by atoms with Gasteiger partial charge in [0.15, 0.2) is 0 Å². The maximum atomic E-state index is 11.7. The van der Waals surface area contributed by atoms with Crippen molar-refractivity contribution in [1.29, 1.82) is 0 Å². The zero-order valence-corrected chi connectivity index (χ0v) is 4.35. The Labute approximate surface area is 46.4 Å². The fourth-order valence-corrected chi connectivity index (χ4v) is 0.516. The average molecular weight is 115 g/mol. The van der Waals surface area contributed by atoms with Gasteiger partial charge >= 0.3 is 0 Å². The number of isocyanates is 1. The summed E-state index contributed by atoms with van der Waals surface area (Å²) in [6.07, 6.45) is 2.77. The fourth-order valence-electron chi connectivity index (χ4n) is 0.516. The van der Waals surface area contributed by atoms with Crippen molar-refractivity contribution < 1.29 is 9.18 Å². The Balaban J connectivity index is 2.53. The average Bonchev–Trinajstić information content (AvgIpc) is 2.50. The zero-order valence-electron chi connectivity index (χ0n) is 4.35. The highest BCUT2D eigenvalue weighted by Crippen LogP contribution is 2.39. The van der Waals surface area contributed by atoms with Crippen molar-refractivity contribution in [2.45, 2.75) is 18.4 Å². The maximum absolute atomic E-state index is 11.7. The number of nitrogens with zero attached hydrogens (tertiary/aromatic N) is 1. The maximum Gasteiger partial charge on any atom is 0.235 e. The highest BCUT2D eigenvalue weighted by Gasteiger charge is 2.43. The molecule has 1 rings (SSSR count). The molecule has 0 saturated heterocycles. The van der Waals surface area contributed by atoms with E-state index >= 15 is 0 Å². The minimum Gasteiger partial charge on any atom is -0.248 e. The molecule has 1 aliphatic rings. The van der Waals surface area contributed by atoms with E-state index in [-0.39, 0.29) is 0 Å². The quantitative estimate of drug-likeness (QED) is 0.387. The summed E-state index contributed by atoms with van der Waals surface area (Å²) < 4.78 is 11.7. The number of hydrogen-bond acceptors (Lipinski definition) is 2. The van der Waals surface area contributed by atoms with Gasteiger partial charge in [-0.25, -0.2) is 9.18 Å². The summed E-state index contributed by atoms with van der Waals surface area (Å²) in [7, 11) is 0. The van der Waals surface area contributed by atoms with Gasteiger partial charge in [-0.1, -0.05) is 0 Å². The predicted octanol–water partition coefficient (Wildman–Crippen LogP) is 0.824. The van der Waals surface area contributed by atoms with Crippen molar-refractivity contribution in [1.82, 2.24) is 0 Å². The number of alkyl halides is 1. The first-order valence-electron chi connectivity index (χ1n) is 2.48. The van der Waals surface area contributed by atoms with Crippen LogP contribution in [0, 0.1) is 0 Å². The molecule has 0 aromatic carbocycles. The molecule has 2 nitrogen and oxygen atoms in total. The molecule has 44 valence electrons. The van der Waals surface area contributed by atoms with Gasteiger partial charge in [-0.3, -0.25) is 0 Å². The van der Waals surface area contributed by atoms with E-state index < -0.39 is 12.2 Å². The van der Waals surface area contributed by atoms with Gasteiger partial charge in [0, 0.05) is 0 Å². The van der Waals surface area contributed by atoms with Gasteiger partial charge in [-0.05, 0) is 12.8 Å². The Hall–Kier alpha value is -0.690. The summed E-state index contributed by atoms with van der Waals surface area (Å²) in [4.78, 5) is 12.9. The molecule has 1 fully saturated rings. The van der Waals surface area contributed by atoms with Gasteiger partial charge in [0.25, 0.3) is 0 Å². The Morgan fingerprint density at radius 2 is 2.38 bits per heavy atom. The van der Waals surface area contributed by atoms with E-state index in [1.54, 1.807) is 0 Å². The molecule has 1 saturated carbocycles. The largest absolute Gasteiger partial charge is 0.248 e. The molecule has 0 aromatic heterocycles. The SMILES string of the molecule is O=C=NC1(CF)CC1. The van der Waals surface area contributed by atoms with E-state index in [1.165, 1.54) is 6.08 Å². The van der Waals surface area contributed by atoms with E-state index in [0.29, 0.717) is 12.8 Å². The molecule has 3 heteroatoms. The predicted molar refractivity (Wildman–Crippen MR) is 26.1 cm³/mol. The standard InChI is InChI=1S/C5H6FNO/c6-3-5(1-2-5)7-4-8/h1-3H2. The second-order valence-corrected chi connectivity index (χ2v) is 2.06. The molecule has 0 radical (unpaired) electrons. The second-order valence-electron chi connectivity index (χ2n) is 2.06. The number of hydrogen-bond donors (Lipinski definition) is 0. The fraction of sp³-hybridized carbons (Fsp3) is 0.800. The molecule has 0 unspecified atom stereocenters. The van der Waals surface area contributed by atoms with Crippen molar-refractivity contribution in [3.63, 3.8) is 0 Å². The molecule has 0 atom stereocenters. The van der Waals surface area contributed by atoms with Crippen LogP contribution in [-0.2, 0) is 4.79 Å². The molecule has 0 bridgehead atoms. The molecule has 0 amide bonds. The summed E-state index contributed by atoms with van der Waals surface area (Å²) in [6, 6.07) is 0. The summed E-state index contributed by atoms with van der Waals surface area (Å²) in [5, 5.41) is 0. The first-order valence-corrected chi connectivity index (χ1v) is 2.48. The van der Waals surface area contributed by atoms with Crippen molar-refractivity contribution in [2.75, 3.05) is 6.67 Å². The van der Waals surface area contributed by atoms with E-state index in [1.807, 2.05) is 0 Å². The van der Waals surface area contributed by atoms with Crippen molar-refractivity contribution in [3.8, 4) is 0 Å². The van der Waals surface area contributed by atoms with E-state index in [4.69, 9.17) is 0 Å². The summed E-state index contributed by atoms with van der Waals surface area (Å²) >= 11 is 0. The van der Waals surface area contributed by atoms with Gasteiger partial charge in [0.05, 0.1) is 0 Å². The molecular formula is C5H6FNO. The molecule has 0 spiro atoms. The van der Waals surface area contributed by atoms with Crippen LogP contribution in [0.25, 0.3) is 0 Å². The molecule has 0 heterocycles. The van der Waals surface area contributed by atoms with Crippen LogP contribution in [-0.4, -0.2) is 18.3 Å². The van der Waals surface area contributed by atoms with Gasteiger partial charge in [-0.15, -0.1) is 0 Å². The van der Waals surface area contributed by atoms with E-state index in [2.05, 4.69) is 4.99 Å². The first kappa shape index (κ1) is 5.45. The topological polar surface area (TPSA) is 29.4 Å². The highest BCUT2D eigenvalue weighted by atomic mass is 19.1. The van der Waals surface area contributed by atoms with Crippen molar-refractivity contribution in [2.24, 2.45) is 4.99 Å². The van der Waals surface area contributed by atoms with Crippen LogP contribution in [0.2, 0.25) is 0 Å². The van der Waals surface area contributed by atoms with Crippen LogP contribution >= 0.6 is 0 Å². The van der Waals surface area contributed by atoms with Crippen LogP contribution in [0.5, 0.6) is 0 Å². The minimum absolute atomic E-state index is 0.512. The zero-order chi connectivity index (χ0) is 6.04. The van der Waals surface area contributed by atoms with Crippen LogP contribution in [0.4, 0.5) is 4.39 Å². The van der Waals surface area contributed by atoms with Gasteiger partial charge in [-0.2, -0.15) is 4.99 Å². The lowest BCUT2D eigenvalue weighted by Crippen LogP contribution is -2.05. The number of carbonyl (C=O) groups excluding carboxylic acids is 1. The summed E-state index contributed by atoms with van der Waals surface area (Å²) in [6.45, 7) is -0.512. The van der Waals surface area contributed by atoms with Gasteiger partial charge < -0.3 is 0 Å². The van der Waals surface area contributed by atoms with Crippen molar-refractivity contribution in [3.05, 3.63) is 0 Å². The normalized spacial score (nSPS) is 21.6. The summed E-state index contributed by atoms with van der Waals surface area (Å²) in [5.41, 5.74) is -0.623.